The number of carbonyl (C=O) groups excluding carboxylic acids is 4. The Morgan fingerprint density at radius 1 is 0.182 bits per heavy atom. The fraction of sp³-hybridized carbons (Fsp3) is 0.887. The van der Waals surface area contributed by atoms with Gasteiger partial charge in [0.05, 0.1) is 26.4 Å². The standard InChI is InChI=1S/4C26H50O2S.2CH4.H2S.2Sn/c4*1-2-3-4-5-6-7-8-9-10-11-12-13-14-15-16-17-18-19-20-21-22-23-26(27)28-24-25-29;;;;;/h4*5-6,29H,2-4,7-25H2,1H3;2*1H4;1H2;;/q;;;;;;;2*+2/p-4/b4*6-5+;;;;;. The molecule has 0 aromatic carbocycles. The summed E-state index contributed by atoms with van der Waals surface area (Å²) in [7, 11) is 0. The van der Waals surface area contributed by atoms with Crippen molar-refractivity contribution in [3.05, 3.63) is 48.6 Å². The minimum absolute atomic E-state index is 0. The second-order valence-electron chi connectivity index (χ2n) is 33.5. The Hall–Kier alpha value is 0.187. The first-order valence-corrected chi connectivity index (χ1v) is 53.1. The molecule has 0 saturated heterocycles. The molecule has 4 radical (unpaired) electrons. The maximum Gasteiger partial charge on any atom is 2.00 e. The number of hydrogen-bond acceptors (Lipinski definition) is 12. The summed E-state index contributed by atoms with van der Waals surface area (Å²) < 4.78 is 20.0. The van der Waals surface area contributed by atoms with E-state index in [1.54, 1.807) is 0 Å². The molecular weight excluding hydrogens is 1800 g/mol. The fourth-order valence-electron chi connectivity index (χ4n) is 14.5. The number of unbranched alkanes of at least 4 members (excludes halogenated alkanes) is 68. The van der Waals surface area contributed by atoms with Crippen LogP contribution >= 0.6 is 13.5 Å². The molecule has 8 nitrogen and oxygen atoms in total. The molecule has 0 spiro atoms. The number of esters is 4. The van der Waals surface area contributed by atoms with Gasteiger partial charge in [0.25, 0.3) is 0 Å². The molecule has 0 aromatic heterocycles. The van der Waals surface area contributed by atoms with Gasteiger partial charge in [0.2, 0.25) is 0 Å². The number of ether oxygens (including phenoxy) is 4. The van der Waals surface area contributed by atoms with Gasteiger partial charge in [0, 0.05) is 25.7 Å². The molecule has 0 amide bonds. The van der Waals surface area contributed by atoms with Crippen molar-refractivity contribution in [1.29, 1.82) is 0 Å². The van der Waals surface area contributed by atoms with Gasteiger partial charge in [-0.25, -0.2) is 0 Å². The minimum Gasteiger partial charge on any atom is -0.789 e. The van der Waals surface area contributed by atoms with Crippen LogP contribution < -0.4 is 0 Å². The van der Waals surface area contributed by atoms with Crippen LogP contribution in [0.2, 0.25) is 0 Å². The van der Waals surface area contributed by atoms with Crippen LogP contribution in [0.3, 0.4) is 0 Å². The first kappa shape index (κ1) is 139. The van der Waals surface area contributed by atoms with Gasteiger partial charge in [0.15, 0.2) is 0 Å². The zero-order chi connectivity index (χ0) is 85.0. The van der Waals surface area contributed by atoms with Gasteiger partial charge in [-0.15, -0.1) is 23.0 Å². The van der Waals surface area contributed by atoms with Gasteiger partial charge < -0.3 is 69.5 Å². The largest absolute Gasteiger partial charge is 2.00 e. The van der Waals surface area contributed by atoms with Crippen molar-refractivity contribution >= 4 is 136 Å². The summed E-state index contributed by atoms with van der Waals surface area (Å²) in [4.78, 5) is 45.3. The van der Waals surface area contributed by atoms with E-state index in [9.17, 15) is 19.2 Å². The SMILES string of the molecule is C.C.CCCC/C=C/CCCCCCCCCCCCCCCCCC(=O)OCC[S-].CCCC/C=C/CCCCCCCCCCCCCCCCCC(=O)OCC[S-].CCCC/C=C/CCCCCCCCCCCCCCCCCC(=O)OCC[S-].CCCC/C=C/CCCCCCCCCCCCCCCCCC(=O)OCC[S-].S.[Sn+2].[Sn+2]. The van der Waals surface area contributed by atoms with Crippen LogP contribution in [0.15, 0.2) is 48.6 Å². The maximum absolute atomic E-state index is 11.3. The summed E-state index contributed by atoms with van der Waals surface area (Å²) in [6, 6.07) is 0. The average molecular weight is 2010 g/mol. The predicted octanol–water partition coefficient (Wildman–Crippen LogP) is 34.4. The Bertz CT molecular complexity index is 1710. The molecule has 0 saturated carbocycles. The third kappa shape index (κ3) is 143. The molecule has 0 aliphatic rings. The van der Waals surface area contributed by atoms with Crippen molar-refractivity contribution in [3.8, 4) is 0 Å². The number of carbonyl (C=O) groups is 4. The molecule has 0 aliphatic carbocycles. The van der Waals surface area contributed by atoms with Crippen molar-refractivity contribution in [1.82, 2.24) is 0 Å². The van der Waals surface area contributed by atoms with Crippen molar-refractivity contribution in [2.24, 2.45) is 0 Å². The molecule has 0 fully saturated rings. The van der Waals surface area contributed by atoms with E-state index in [1.165, 1.54) is 437 Å². The number of hydrogen-bond donors (Lipinski definition) is 0. The molecule has 716 valence electrons. The third-order valence-electron chi connectivity index (χ3n) is 22.0. The summed E-state index contributed by atoms with van der Waals surface area (Å²) in [5.74, 6) is 1.70. The van der Waals surface area contributed by atoms with Gasteiger partial charge in [-0.2, -0.15) is 13.5 Å². The molecule has 121 heavy (non-hydrogen) atoms. The van der Waals surface area contributed by atoms with E-state index in [2.05, 4.69) is 76.3 Å². The van der Waals surface area contributed by atoms with E-state index in [0.717, 1.165) is 51.4 Å². The Morgan fingerprint density at radius 2 is 0.281 bits per heavy atom. The topological polar surface area (TPSA) is 105 Å². The van der Waals surface area contributed by atoms with Crippen LogP contribution in [0.4, 0.5) is 0 Å². The molecule has 0 N–H and O–H groups in total. The Balaban J connectivity index is -0.000000195. The van der Waals surface area contributed by atoms with Gasteiger partial charge in [-0.3, -0.25) is 19.2 Å². The van der Waals surface area contributed by atoms with Crippen molar-refractivity contribution in [2.75, 3.05) is 49.4 Å². The summed E-state index contributed by atoms with van der Waals surface area (Å²) >= 11 is 19.0. The molecule has 0 rings (SSSR count). The van der Waals surface area contributed by atoms with Crippen molar-refractivity contribution in [2.45, 2.75) is 556 Å². The molecule has 0 atom stereocenters. The molecule has 15 heteroatoms. The van der Waals surface area contributed by atoms with E-state index < -0.39 is 0 Å². The molecule has 0 heterocycles. The van der Waals surface area contributed by atoms with E-state index >= 15 is 0 Å². The average Bonchev–Trinajstić information content (AvgIpc) is 1.07. The van der Waals surface area contributed by atoms with Crippen molar-refractivity contribution in [3.63, 3.8) is 0 Å². The van der Waals surface area contributed by atoms with E-state index in [4.69, 9.17) is 69.5 Å². The van der Waals surface area contributed by atoms with Crippen LogP contribution in [0, 0.1) is 0 Å². The van der Waals surface area contributed by atoms with Crippen LogP contribution in [0.25, 0.3) is 0 Å². The zero-order valence-corrected chi connectivity index (χ0v) is 89.2. The second-order valence-corrected chi connectivity index (χ2v) is 35.2. The minimum atomic E-state index is -0.0789. The van der Waals surface area contributed by atoms with Gasteiger partial charge in [-0.05, 0) is 103 Å². The quantitative estimate of drug-likeness (QED) is 0.0145. The van der Waals surface area contributed by atoms with Crippen LogP contribution in [-0.4, -0.2) is 121 Å². The Kier molecular flexibility index (Phi) is 156. The summed E-state index contributed by atoms with van der Waals surface area (Å²) in [6.45, 7) is 10.6. The molecule has 0 aromatic rings. The van der Waals surface area contributed by atoms with Gasteiger partial charge in [0.1, 0.15) is 0 Å². The van der Waals surface area contributed by atoms with E-state index in [0.29, 0.717) is 75.1 Å². The zero-order valence-electron chi connectivity index (χ0n) is 79.2. The van der Waals surface area contributed by atoms with Crippen LogP contribution in [0.5, 0.6) is 0 Å². The van der Waals surface area contributed by atoms with Crippen LogP contribution in [0.1, 0.15) is 556 Å². The first-order valence-electron chi connectivity index (χ1n) is 50.8. The van der Waals surface area contributed by atoms with Gasteiger partial charge >= 0.3 is 71.7 Å². The number of rotatable bonds is 92. The second kappa shape index (κ2) is 136. The third-order valence-corrected chi connectivity index (χ3v) is 22.6. The van der Waals surface area contributed by atoms with Crippen molar-refractivity contribution < 1.29 is 38.1 Å². The molecular formula is C106H206O8S5Sn2. The normalized spacial score (nSPS) is 10.9. The maximum atomic E-state index is 11.3. The van der Waals surface area contributed by atoms with Crippen LogP contribution in [-0.2, 0) is 88.6 Å². The van der Waals surface area contributed by atoms with E-state index in [1.807, 2.05) is 0 Å². The molecule has 0 unspecified atom stereocenters. The monoisotopic (exact) mass is 2010 g/mol. The smallest absolute Gasteiger partial charge is 0.789 e. The summed E-state index contributed by atoms with van der Waals surface area (Å²) in [5, 5.41) is 0. The van der Waals surface area contributed by atoms with E-state index in [-0.39, 0.29) is 100 Å². The fourth-order valence-corrected chi connectivity index (χ4v) is 14.8. The summed E-state index contributed by atoms with van der Waals surface area (Å²) in [5.41, 5.74) is 0. The summed E-state index contributed by atoms with van der Waals surface area (Å²) in [6.07, 6.45) is 123. The molecule has 0 bridgehead atoms. The Morgan fingerprint density at radius 3 is 0.388 bits per heavy atom. The van der Waals surface area contributed by atoms with Gasteiger partial charge in [-0.1, -0.05) is 476 Å². The Labute approximate surface area is 820 Å². The number of allylic oxidation sites excluding steroid dienone is 8. The predicted molar refractivity (Wildman–Crippen MR) is 557 cm³/mol. The molecule has 0 aliphatic heterocycles. The first-order chi connectivity index (χ1) is 57.2.